The van der Waals surface area contributed by atoms with Gasteiger partial charge in [-0.05, 0) is 59.4 Å². The summed E-state index contributed by atoms with van der Waals surface area (Å²) in [6.45, 7) is 1.98. The van der Waals surface area contributed by atoms with Gasteiger partial charge in [-0.15, -0.1) is 0 Å². The van der Waals surface area contributed by atoms with E-state index in [-0.39, 0.29) is 29.7 Å². The number of carboxylic acid groups (broad SMARTS) is 1. The fourth-order valence-electron chi connectivity index (χ4n) is 4.88. The van der Waals surface area contributed by atoms with Crippen LogP contribution in [-0.4, -0.2) is 53.7 Å². The molecule has 7 N–H and O–H groups in total. The highest BCUT2D eigenvalue weighted by Gasteiger charge is 2.52. The number of hydrogen-bond acceptors (Lipinski definition) is 6. The van der Waals surface area contributed by atoms with Crippen LogP contribution in [0, 0.1) is 5.92 Å². The van der Waals surface area contributed by atoms with Crippen molar-refractivity contribution >= 4 is 44.1 Å². The molecule has 1 amide bonds. The molecule has 38 heavy (non-hydrogen) atoms. The minimum absolute atomic E-state index is 0.0562. The number of nitrogens with zero attached hydrogens (tertiary/aromatic N) is 2. The number of sulfone groups is 1. The fraction of sp³-hybridized carbons (Fsp3) is 0.296. The maximum absolute atomic E-state index is 14.2. The maximum Gasteiger partial charge on any atom is 0.326 e. The zero-order chi connectivity index (χ0) is 27.7. The Labute approximate surface area is 221 Å². The van der Waals surface area contributed by atoms with E-state index in [1.54, 1.807) is 36.4 Å². The molecule has 3 aromatic rings. The molecule has 1 saturated heterocycles. The Hall–Kier alpha value is -3.96. The standard InChI is InChI=1S/C27H31N5O5S/c1-17-11-12-32(23(13-17)24(33)34)25(35)27(30,16-18-5-4-8-21(14-18)31-26(28)29)38(36,37)22-10-9-19-6-2-3-7-20(19)15-22/h2-10,14-15,17,23H,11-13,16,30H2,1H3,(H,33,34)(H4,28,29,31)/t17?,23?,27-/m1/s1. The topological polar surface area (TPSA) is 182 Å². The van der Waals surface area contributed by atoms with Crippen molar-refractivity contribution < 1.29 is 23.1 Å². The number of hydrogen-bond donors (Lipinski definition) is 4. The van der Waals surface area contributed by atoms with Crippen molar-refractivity contribution in [1.29, 1.82) is 0 Å². The fourth-order valence-corrected chi connectivity index (χ4v) is 6.53. The highest BCUT2D eigenvalue weighted by Crippen LogP contribution is 2.33. The monoisotopic (exact) mass is 537 g/mol. The predicted octanol–water partition coefficient (Wildman–Crippen LogP) is 2.13. The van der Waals surface area contributed by atoms with E-state index in [4.69, 9.17) is 17.2 Å². The summed E-state index contributed by atoms with van der Waals surface area (Å²) < 4.78 is 28.4. The lowest BCUT2D eigenvalue weighted by Gasteiger charge is -2.41. The molecule has 0 aromatic heterocycles. The summed E-state index contributed by atoms with van der Waals surface area (Å²) in [6, 6.07) is 17.0. The lowest BCUT2D eigenvalue weighted by molar-refractivity contribution is -0.154. The SMILES string of the molecule is CC1CCN(C(=O)[C@@](N)(Cc2cccc(N=C(N)N)c2)S(=O)(=O)c2ccc3ccccc3c2)C(C(=O)O)C1. The Morgan fingerprint density at radius 2 is 1.76 bits per heavy atom. The van der Waals surface area contributed by atoms with Gasteiger partial charge in [-0.25, -0.2) is 18.2 Å². The number of aliphatic carboxylic acids is 1. The molecule has 1 aliphatic heterocycles. The van der Waals surface area contributed by atoms with Crippen LogP contribution in [0.1, 0.15) is 25.3 Å². The average molecular weight is 538 g/mol. The quantitative estimate of drug-likeness (QED) is 0.261. The third-order valence-electron chi connectivity index (χ3n) is 6.92. The number of aliphatic imine (C=N–C) groups is 1. The molecule has 0 aliphatic carbocycles. The van der Waals surface area contributed by atoms with Crippen LogP contribution in [0.4, 0.5) is 5.69 Å². The summed E-state index contributed by atoms with van der Waals surface area (Å²) >= 11 is 0. The largest absolute Gasteiger partial charge is 0.480 e. The van der Waals surface area contributed by atoms with Crippen molar-refractivity contribution in [2.24, 2.45) is 28.1 Å². The van der Waals surface area contributed by atoms with Crippen molar-refractivity contribution in [2.45, 2.75) is 42.0 Å². The first-order valence-electron chi connectivity index (χ1n) is 12.2. The van der Waals surface area contributed by atoms with Gasteiger partial charge in [0.1, 0.15) is 6.04 Å². The average Bonchev–Trinajstić information content (AvgIpc) is 2.87. The van der Waals surface area contributed by atoms with Crippen LogP contribution in [-0.2, 0) is 25.8 Å². The van der Waals surface area contributed by atoms with Gasteiger partial charge in [0.15, 0.2) is 5.96 Å². The summed E-state index contributed by atoms with van der Waals surface area (Å²) in [4.78, 5) is 28.6. The Balaban J connectivity index is 1.85. The van der Waals surface area contributed by atoms with Crippen molar-refractivity contribution in [3.63, 3.8) is 0 Å². The second-order valence-corrected chi connectivity index (χ2v) is 12.0. The van der Waals surface area contributed by atoms with Crippen molar-refractivity contribution in [3.8, 4) is 0 Å². The number of amides is 1. The predicted molar refractivity (Wildman–Crippen MR) is 145 cm³/mol. The molecule has 0 spiro atoms. The van der Waals surface area contributed by atoms with Gasteiger partial charge in [0.25, 0.3) is 5.91 Å². The van der Waals surface area contributed by atoms with E-state index in [0.29, 0.717) is 23.1 Å². The van der Waals surface area contributed by atoms with Crippen LogP contribution in [0.3, 0.4) is 0 Å². The van der Waals surface area contributed by atoms with Gasteiger partial charge in [0.2, 0.25) is 14.7 Å². The van der Waals surface area contributed by atoms with E-state index in [1.165, 1.54) is 18.2 Å². The molecule has 0 bridgehead atoms. The molecular formula is C27H31N5O5S. The Morgan fingerprint density at radius 1 is 1.05 bits per heavy atom. The molecule has 3 atom stereocenters. The first-order chi connectivity index (χ1) is 17.9. The van der Waals surface area contributed by atoms with Gasteiger partial charge < -0.3 is 27.2 Å². The number of carboxylic acids is 1. The number of fused-ring (bicyclic) bond motifs is 1. The van der Waals surface area contributed by atoms with Crippen LogP contribution in [0.2, 0.25) is 0 Å². The van der Waals surface area contributed by atoms with Gasteiger partial charge in [-0.2, -0.15) is 0 Å². The maximum atomic E-state index is 14.2. The van der Waals surface area contributed by atoms with Crippen molar-refractivity contribution in [2.75, 3.05) is 6.54 Å². The molecule has 200 valence electrons. The zero-order valence-electron chi connectivity index (χ0n) is 20.9. The molecule has 11 heteroatoms. The molecule has 3 aromatic carbocycles. The number of benzene rings is 3. The van der Waals surface area contributed by atoms with E-state index < -0.39 is 39.0 Å². The number of rotatable bonds is 7. The van der Waals surface area contributed by atoms with Gasteiger partial charge in [0, 0.05) is 13.0 Å². The van der Waals surface area contributed by atoms with Crippen LogP contribution >= 0.6 is 0 Å². The summed E-state index contributed by atoms with van der Waals surface area (Å²) in [5.74, 6) is -2.30. The molecule has 2 unspecified atom stereocenters. The number of guanidine groups is 1. The molecule has 10 nitrogen and oxygen atoms in total. The van der Waals surface area contributed by atoms with E-state index in [2.05, 4.69) is 4.99 Å². The summed E-state index contributed by atoms with van der Waals surface area (Å²) in [6.07, 6.45) is 0.308. The summed E-state index contributed by atoms with van der Waals surface area (Å²) in [5.41, 5.74) is 18.4. The van der Waals surface area contributed by atoms with Crippen molar-refractivity contribution in [3.05, 3.63) is 72.3 Å². The molecule has 4 rings (SSSR count). The smallest absolute Gasteiger partial charge is 0.326 e. The lowest BCUT2D eigenvalue weighted by atomic mass is 9.91. The van der Waals surface area contributed by atoms with E-state index in [0.717, 1.165) is 10.3 Å². The number of nitrogens with two attached hydrogens (primary N) is 3. The van der Waals surface area contributed by atoms with Crippen LogP contribution < -0.4 is 17.2 Å². The zero-order valence-corrected chi connectivity index (χ0v) is 21.8. The summed E-state index contributed by atoms with van der Waals surface area (Å²) in [5, 5.41) is 11.3. The highest BCUT2D eigenvalue weighted by molar-refractivity contribution is 7.93. The van der Waals surface area contributed by atoms with E-state index in [1.807, 2.05) is 19.1 Å². The number of likely N-dealkylation sites (tertiary alicyclic amines) is 1. The van der Waals surface area contributed by atoms with Crippen LogP contribution in [0.5, 0.6) is 0 Å². The molecule has 1 fully saturated rings. The Morgan fingerprint density at radius 3 is 2.45 bits per heavy atom. The minimum atomic E-state index is -4.53. The first-order valence-corrected chi connectivity index (χ1v) is 13.7. The Bertz CT molecular complexity index is 1520. The van der Waals surface area contributed by atoms with Crippen LogP contribution in [0.15, 0.2) is 76.6 Å². The number of carbonyl (C=O) groups excluding carboxylic acids is 1. The van der Waals surface area contributed by atoms with Crippen molar-refractivity contribution in [1.82, 2.24) is 4.90 Å². The molecule has 0 radical (unpaired) electrons. The first kappa shape index (κ1) is 27.1. The van der Waals surface area contributed by atoms with Gasteiger partial charge in [-0.1, -0.05) is 49.4 Å². The molecule has 0 saturated carbocycles. The molecule has 1 aliphatic rings. The lowest BCUT2D eigenvalue weighted by Crippen LogP contribution is -2.65. The van der Waals surface area contributed by atoms with Crippen LogP contribution in [0.25, 0.3) is 10.8 Å². The number of piperidine rings is 1. The third-order valence-corrected chi connectivity index (χ3v) is 9.07. The molecule has 1 heterocycles. The van der Waals surface area contributed by atoms with E-state index in [9.17, 15) is 23.1 Å². The normalized spacial score (nSPS) is 19.5. The van der Waals surface area contributed by atoms with Gasteiger partial charge >= 0.3 is 5.97 Å². The molecular weight excluding hydrogens is 506 g/mol. The third kappa shape index (κ3) is 5.20. The Kier molecular flexibility index (Phi) is 7.43. The van der Waals surface area contributed by atoms with Gasteiger partial charge in [0.05, 0.1) is 10.6 Å². The number of carbonyl (C=O) groups is 2. The summed E-state index contributed by atoms with van der Waals surface area (Å²) in [7, 11) is -4.53. The van der Waals surface area contributed by atoms with E-state index >= 15 is 0 Å². The minimum Gasteiger partial charge on any atom is -0.480 e. The second-order valence-electron chi connectivity index (χ2n) is 9.77. The highest BCUT2D eigenvalue weighted by atomic mass is 32.2. The van der Waals surface area contributed by atoms with Gasteiger partial charge in [-0.3, -0.25) is 4.79 Å². The second kappa shape index (κ2) is 10.4.